The van der Waals surface area contributed by atoms with Gasteiger partial charge in [0.05, 0.1) is 41.2 Å². The molecule has 1 aromatic carbocycles. The highest BCUT2D eigenvalue weighted by Crippen LogP contribution is 2.40. The number of hydrogen-bond acceptors (Lipinski definition) is 12. The second-order valence-corrected chi connectivity index (χ2v) is 14.7. The van der Waals surface area contributed by atoms with Gasteiger partial charge in [0.15, 0.2) is 14.6 Å². The topological polar surface area (TPSA) is 176 Å². The molecule has 0 saturated carbocycles. The maximum absolute atomic E-state index is 12.9. The lowest BCUT2D eigenvalue weighted by Crippen LogP contribution is -2.29. The summed E-state index contributed by atoms with van der Waals surface area (Å²) in [7, 11) is -4.30. The van der Waals surface area contributed by atoms with Crippen molar-refractivity contribution in [3.05, 3.63) is 44.6 Å². The van der Waals surface area contributed by atoms with Gasteiger partial charge in [0, 0.05) is 4.88 Å². The van der Waals surface area contributed by atoms with Crippen LogP contribution in [-0.4, -0.2) is 74.0 Å². The molecule has 0 spiro atoms. The molecule has 2 heterocycles. The first-order valence-corrected chi connectivity index (χ1v) is 18.2. The molecule has 0 saturated heterocycles. The van der Waals surface area contributed by atoms with E-state index >= 15 is 0 Å². The molecule has 248 valence electrons. The Bertz CT molecular complexity index is 1850. The molecule has 1 N–H and O–H groups in total. The molecule has 0 fully saturated rings. The van der Waals surface area contributed by atoms with E-state index in [0.29, 0.717) is 22.6 Å². The van der Waals surface area contributed by atoms with Gasteiger partial charge >= 0.3 is 17.9 Å². The summed E-state index contributed by atoms with van der Waals surface area (Å²) in [6.45, 7) is 7.19. The van der Waals surface area contributed by atoms with Crippen LogP contribution in [0.2, 0.25) is 0 Å². The van der Waals surface area contributed by atoms with Crippen molar-refractivity contribution >= 4 is 77.5 Å². The number of fused-ring (bicyclic) bond motifs is 2. The molecule has 0 bridgehead atoms. The standard InChI is InChI=1S/C30H35N3O10S3/c1-5-41-25(36)14-33-20-11-9-18(28(37)42-6-2)13-22(20)45-30(33)32-24(35)16-46(39,40)15-23(34)31-27-26(29(38)43-7-3)19-10-8-17(4)12-21(19)44-27/h9,11,13,17H,5-8,10,12,14-16H2,1-4H3,(H,31,34). The number of carbonyl (C=O) groups excluding carboxylic acids is 5. The van der Waals surface area contributed by atoms with Gasteiger partial charge in [-0.3, -0.25) is 14.4 Å². The Morgan fingerprint density at radius 1 is 0.978 bits per heavy atom. The van der Waals surface area contributed by atoms with E-state index in [4.69, 9.17) is 14.2 Å². The largest absolute Gasteiger partial charge is 0.465 e. The molecular formula is C30H35N3O10S3. The summed E-state index contributed by atoms with van der Waals surface area (Å²) in [4.78, 5) is 68.0. The summed E-state index contributed by atoms with van der Waals surface area (Å²) in [6.07, 6.45) is 2.24. The van der Waals surface area contributed by atoms with Crippen molar-refractivity contribution < 1.29 is 46.6 Å². The number of nitrogens with zero attached hydrogens (tertiary/aromatic N) is 2. The minimum absolute atomic E-state index is 0.00573. The summed E-state index contributed by atoms with van der Waals surface area (Å²) in [5.74, 6) is -5.42. The second-order valence-electron chi connectivity index (χ2n) is 10.5. The average molecular weight is 694 g/mol. The van der Waals surface area contributed by atoms with E-state index in [0.717, 1.165) is 34.6 Å². The van der Waals surface area contributed by atoms with Crippen molar-refractivity contribution in [3.63, 3.8) is 0 Å². The van der Waals surface area contributed by atoms with Gasteiger partial charge < -0.3 is 24.1 Å². The fourth-order valence-electron chi connectivity index (χ4n) is 4.99. The molecule has 1 aliphatic carbocycles. The molecular weight excluding hydrogens is 659 g/mol. The Kier molecular flexibility index (Phi) is 11.5. The van der Waals surface area contributed by atoms with Gasteiger partial charge in [-0.05, 0) is 69.7 Å². The number of thiophene rings is 1. The van der Waals surface area contributed by atoms with E-state index in [2.05, 4.69) is 17.2 Å². The van der Waals surface area contributed by atoms with E-state index < -0.39 is 51.1 Å². The number of carbonyl (C=O) groups is 5. The number of sulfone groups is 1. The molecule has 1 atom stereocenters. The van der Waals surface area contributed by atoms with Crippen molar-refractivity contribution in [2.45, 2.75) is 53.5 Å². The van der Waals surface area contributed by atoms with Crippen LogP contribution in [0.4, 0.5) is 5.00 Å². The van der Waals surface area contributed by atoms with Gasteiger partial charge in [0.1, 0.15) is 23.1 Å². The van der Waals surface area contributed by atoms with Gasteiger partial charge in [-0.25, -0.2) is 18.0 Å². The van der Waals surface area contributed by atoms with E-state index in [1.165, 1.54) is 28.0 Å². The summed E-state index contributed by atoms with van der Waals surface area (Å²) in [6, 6.07) is 4.59. The van der Waals surface area contributed by atoms with Crippen LogP contribution in [0.5, 0.6) is 0 Å². The minimum atomic E-state index is -4.30. The quantitative estimate of drug-likeness (QED) is 0.219. The first-order chi connectivity index (χ1) is 21.8. The number of thiazole rings is 1. The van der Waals surface area contributed by atoms with Crippen LogP contribution in [0.3, 0.4) is 0 Å². The fourth-order valence-corrected chi connectivity index (χ4v) is 8.50. The van der Waals surface area contributed by atoms with Crippen molar-refractivity contribution in [2.24, 2.45) is 10.9 Å². The lowest BCUT2D eigenvalue weighted by molar-refractivity contribution is -0.143. The molecule has 4 rings (SSSR count). The van der Waals surface area contributed by atoms with Gasteiger partial charge in [0.2, 0.25) is 5.91 Å². The Morgan fingerprint density at radius 2 is 1.67 bits per heavy atom. The van der Waals surface area contributed by atoms with Crippen LogP contribution in [0.15, 0.2) is 23.2 Å². The van der Waals surface area contributed by atoms with E-state index in [1.54, 1.807) is 26.8 Å². The van der Waals surface area contributed by atoms with Crippen LogP contribution < -0.4 is 10.1 Å². The van der Waals surface area contributed by atoms with Crippen LogP contribution in [0.25, 0.3) is 10.2 Å². The SMILES string of the molecule is CCOC(=O)Cn1c(=NC(=O)CS(=O)(=O)CC(=O)Nc2sc3c(c2C(=O)OCC)CCC(C)C3)sc2cc(C(=O)OCC)ccc21. The lowest BCUT2D eigenvalue weighted by atomic mass is 9.88. The zero-order chi connectivity index (χ0) is 33.6. The predicted octanol–water partition coefficient (Wildman–Crippen LogP) is 3.29. The molecule has 1 aliphatic rings. The van der Waals surface area contributed by atoms with E-state index in [9.17, 15) is 32.4 Å². The first kappa shape index (κ1) is 35.0. The molecule has 2 aromatic heterocycles. The molecule has 16 heteroatoms. The number of amides is 2. The van der Waals surface area contributed by atoms with Crippen molar-refractivity contribution in [3.8, 4) is 0 Å². The summed E-state index contributed by atoms with van der Waals surface area (Å²) < 4.78 is 43.0. The number of ether oxygens (including phenoxy) is 3. The number of aromatic nitrogens is 1. The fraction of sp³-hybridized carbons (Fsp3) is 0.467. The highest BCUT2D eigenvalue weighted by Gasteiger charge is 2.30. The predicted molar refractivity (Wildman–Crippen MR) is 172 cm³/mol. The van der Waals surface area contributed by atoms with Crippen molar-refractivity contribution in [2.75, 3.05) is 36.6 Å². The number of esters is 3. The van der Waals surface area contributed by atoms with Gasteiger partial charge in [-0.1, -0.05) is 18.3 Å². The Hall–Kier alpha value is -3.89. The maximum Gasteiger partial charge on any atom is 0.341 e. The Balaban J connectivity index is 1.56. The lowest BCUT2D eigenvalue weighted by Gasteiger charge is -2.18. The van der Waals surface area contributed by atoms with Gasteiger partial charge in [-0.2, -0.15) is 4.99 Å². The average Bonchev–Trinajstić information content (AvgIpc) is 3.48. The Morgan fingerprint density at radius 3 is 2.37 bits per heavy atom. The number of benzene rings is 1. The number of anilines is 1. The van der Waals surface area contributed by atoms with Crippen molar-refractivity contribution in [1.29, 1.82) is 0 Å². The third kappa shape index (κ3) is 8.47. The van der Waals surface area contributed by atoms with Crippen LogP contribution >= 0.6 is 22.7 Å². The van der Waals surface area contributed by atoms with Crippen LogP contribution in [0, 0.1) is 5.92 Å². The first-order valence-electron chi connectivity index (χ1n) is 14.7. The van der Waals surface area contributed by atoms with Crippen LogP contribution in [-0.2, 0) is 57.8 Å². The van der Waals surface area contributed by atoms with E-state index in [-0.39, 0.29) is 47.3 Å². The monoisotopic (exact) mass is 693 g/mol. The third-order valence-corrected chi connectivity index (χ3v) is 10.5. The zero-order valence-electron chi connectivity index (χ0n) is 25.9. The third-order valence-electron chi connectivity index (χ3n) is 6.95. The smallest absolute Gasteiger partial charge is 0.341 e. The van der Waals surface area contributed by atoms with Gasteiger partial charge in [0.25, 0.3) is 5.91 Å². The van der Waals surface area contributed by atoms with E-state index in [1.807, 2.05) is 0 Å². The maximum atomic E-state index is 12.9. The normalized spacial score (nSPS) is 14.9. The number of nitrogens with one attached hydrogen (secondary N) is 1. The second kappa shape index (κ2) is 15.1. The summed E-state index contributed by atoms with van der Waals surface area (Å²) in [5.41, 5.74) is 1.76. The zero-order valence-corrected chi connectivity index (χ0v) is 28.3. The summed E-state index contributed by atoms with van der Waals surface area (Å²) in [5, 5.41) is 2.77. The highest BCUT2D eigenvalue weighted by molar-refractivity contribution is 7.92. The van der Waals surface area contributed by atoms with Crippen LogP contribution in [0.1, 0.15) is 65.3 Å². The Labute approximate surface area is 273 Å². The molecule has 46 heavy (non-hydrogen) atoms. The molecule has 2 amide bonds. The minimum Gasteiger partial charge on any atom is -0.465 e. The summed E-state index contributed by atoms with van der Waals surface area (Å²) >= 11 is 2.19. The molecule has 3 aromatic rings. The number of hydrogen-bond donors (Lipinski definition) is 1. The molecule has 0 aliphatic heterocycles. The highest BCUT2D eigenvalue weighted by atomic mass is 32.2. The number of rotatable bonds is 12. The van der Waals surface area contributed by atoms with Crippen molar-refractivity contribution in [1.82, 2.24) is 4.57 Å². The van der Waals surface area contributed by atoms with Gasteiger partial charge in [-0.15, -0.1) is 11.3 Å². The molecule has 0 radical (unpaired) electrons. The molecule has 1 unspecified atom stereocenters. The molecule has 13 nitrogen and oxygen atoms in total.